The van der Waals surface area contributed by atoms with Gasteiger partial charge in [-0.05, 0) is 50.2 Å². The molecule has 0 atom stereocenters. The van der Waals surface area contributed by atoms with Crippen LogP contribution < -0.4 is 18.9 Å². The smallest absolute Gasteiger partial charge is 0.343 e. The SMILES string of the molecule is Cc1noc(C)c1COc1ccc(C(=O)Oc2ccc3c(c2)OCO3)cc1. The van der Waals surface area contributed by atoms with E-state index in [1.54, 1.807) is 42.5 Å². The molecule has 1 aliphatic heterocycles. The van der Waals surface area contributed by atoms with Gasteiger partial charge in [-0.2, -0.15) is 0 Å². The molecule has 0 fully saturated rings. The van der Waals surface area contributed by atoms with Crippen LogP contribution >= 0.6 is 0 Å². The predicted octanol–water partition coefficient (Wildman–Crippen LogP) is 3.82. The Kier molecular flexibility index (Phi) is 4.42. The number of hydrogen-bond donors (Lipinski definition) is 0. The average molecular weight is 367 g/mol. The van der Waals surface area contributed by atoms with Gasteiger partial charge in [-0.15, -0.1) is 0 Å². The lowest BCUT2D eigenvalue weighted by Gasteiger charge is -2.08. The molecule has 0 saturated carbocycles. The first-order valence-corrected chi connectivity index (χ1v) is 8.36. The summed E-state index contributed by atoms with van der Waals surface area (Å²) in [6.07, 6.45) is 0. The first-order chi connectivity index (χ1) is 13.1. The topological polar surface area (TPSA) is 80.0 Å². The number of carbonyl (C=O) groups is 1. The van der Waals surface area contributed by atoms with Crippen LogP contribution in [0, 0.1) is 13.8 Å². The zero-order valence-corrected chi connectivity index (χ0v) is 14.9. The largest absolute Gasteiger partial charge is 0.489 e. The number of aromatic nitrogens is 1. The molecule has 1 aromatic heterocycles. The van der Waals surface area contributed by atoms with E-state index < -0.39 is 5.97 Å². The number of aryl methyl sites for hydroxylation is 2. The molecule has 0 saturated heterocycles. The van der Waals surface area contributed by atoms with Gasteiger partial charge in [0, 0.05) is 6.07 Å². The summed E-state index contributed by atoms with van der Waals surface area (Å²) >= 11 is 0. The minimum atomic E-state index is -0.467. The van der Waals surface area contributed by atoms with Gasteiger partial charge >= 0.3 is 5.97 Å². The number of esters is 1. The Morgan fingerprint density at radius 3 is 2.52 bits per heavy atom. The first kappa shape index (κ1) is 17.0. The van der Waals surface area contributed by atoms with Gasteiger partial charge in [-0.25, -0.2) is 4.79 Å². The van der Waals surface area contributed by atoms with Crippen LogP contribution in [0.4, 0.5) is 0 Å². The lowest BCUT2D eigenvalue weighted by atomic mass is 10.2. The maximum Gasteiger partial charge on any atom is 0.343 e. The van der Waals surface area contributed by atoms with E-state index in [2.05, 4.69) is 5.16 Å². The third-order valence-electron chi connectivity index (χ3n) is 4.21. The number of fused-ring (bicyclic) bond motifs is 1. The summed E-state index contributed by atoms with van der Waals surface area (Å²) in [6.45, 7) is 4.22. The highest BCUT2D eigenvalue weighted by Gasteiger charge is 2.16. The molecule has 3 aromatic rings. The maximum atomic E-state index is 12.3. The molecule has 0 aliphatic carbocycles. The monoisotopic (exact) mass is 367 g/mol. The predicted molar refractivity (Wildman–Crippen MR) is 94.3 cm³/mol. The molecule has 1 aliphatic rings. The van der Waals surface area contributed by atoms with Crippen molar-refractivity contribution in [2.45, 2.75) is 20.5 Å². The van der Waals surface area contributed by atoms with Crippen molar-refractivity contribution >= 4 is 5.97 Å². The van der Waals surface area contributed by atoms with Crippen LogP contribution in [0.5, 0.6) is 23.0 Å². The number of rotatable bonds is 5. The van der Waals surface area contributed by atoms with Crippen LogP contribution in [0.15, 0.2) is 47.0 Å². The summed E-state index contributed by atoms with van der Waals surface area (Å²) < 4.78 is 26.7. The van der Waals surface area contributed by atoms with Gasteiger partial charge in [0.1, 0.15) is 23.9 Å². The van der Waals surface area contributed by atoms with Crippen molar-refractivity contribution < 1.29 is 28.3 Å². The van der Waals surface area contributed by atoms with Crippen molar-refractivity contribution in [1.82, 2.24) is 5.16 Å². The fraction of sp³-hybridized carbons (Fsp3) is 0.200. The van der Waals surface area contributed by atoms with Gasteiger partial charge < -0.3 is 23.5 Å². The standard InChI is InChI=1S/C20H17NO6/c1-12-17(13(2)27-21-12)10-23-15-5-3-14(4-6-15)20(22)26-16-7-8-18-19(9-16)25-11-24-18/h3-9H,10-11H2,1-2H3. The Hall–Kier alpha value is -3.48. The van der Waals surface area contributed by atoms with Gasteiger partial charge in [0.25, 0.3) is 0 Å². The van der Waals surface area contributed by atoms with Crippen LogP contribution in [-0.2, 0) is 6.61 Å². The molecule has 0 spiro atoms. The average Bonchev–Trinajstić information content (AvgIpc) is 3.26. The van der Waals surface area contributed by atoms with E-state index in [1.165, 1.54) is 0 Å². The minimum absolute atomic E-state index is 0.169. The first-order valence-electron chi connectivity index (χ1n) is 8.36. The van der Waals surface area contributed by atoms with Crippen molar-refractivity contribution in [3.8, 4) is 23.0 Å². The van der Waals surface area contributed by atoms with Crippen LogP contribution in [0.25, 0.3) is 0 Å². The van der Waals surface area contributed by atoms with E-state index in [0.717, 1.165) is 17.0 Å². The second-order valence-electron chi connectivity index (χ2n) is 6.02. The molecule has 7 heteroatoms. The lowest BCUT2D eigenvalue weighted by molar-refractivity contribution is 0.0734. The van der Waals surface area contributed by atoms with Crippen LogP contribution in [-0.4, -0.2) is 17.9 Å². The van der Waals surface area contributed by atoms with Crippen LogP contribution in [0.1, 0.15) is 27.4 Å². The van der Waals surface area contributed by atoms with Crippen molar-refractivity contribution in [3.63, 3.8) is 0 Å². The Balaban J connectivity index is 1.39. The molecule has 7 nitrogen and oxygen atoms in total. The number of carbonyl (C=O) groups excluding carboxylic acids is 1. The van der Waals surface area contributed by atoms with E-state index in [4.69, 9.17) is 23.5 Å². The quantitative estimate of drug-likeness (QED) is 0.501. The summed E-state index contributed by atoms with van der Waals surface area (Å²) in [5, 5.41) is 3.89. The summed E-state index contributed by atoms with van der Waals surface area (Å²) in [6, 6.07) is 11.7. The fourth-order valence-corrected chi connectivity index (χ4v) is 2.66. The second kappa shape index (κ2) is 7.03. The molecule has 0 N–H and O–H groups in total. The van der Waals surface area contributed by atoms with Crippen molar-refractivity contribution in [1.29, 1.82) is 0 Å². The van der Waals surface area contributed by atoms with Crippen LogP contribution in [0.3, 0.4) is 0 Å². The Labute approximate surface area is 155 Å². The number of nitrogens with zero attached hydrogens (tertiary/aromatic N) is 1. The van der Waals surface area contributed by atoms with E-state index in [1.807, 2.05) is 13.8 Å². The molecular weight excluding hydrogens is 350 g/mol. The molecule has 0 amide bonds. The Morgan fingerprint density at radius 1 is 1.04 bits per heavy atom. The third kappa shape index (κ3) is 3.57. The molecule has 0 radical (unpaired) electrons. The van der Waals surface area contributed by atoms with Crippen molar-refractivity contribution in [3.05, 3.63) is 65.0 Å². The minimum Gasteiger partial charge on any atom is -0.489 e. The molecule has 27 heavy (non-hydrogen) atoms. The normalized spacial score (nSPS) is 12.1. The summed E-state index contributed by atoms with van der Waals surface area (Å²) in [4.78, 5) is 12.3. The maximum absolute atomic E-state index is 12.3. The molecule has 0 unspecified atom stereocenters. The summed E-state index contributed by atoms with van der Waals surface area (Å²) in [7, 11) is 0. The summed E-state index contributed by atoms with van der Waals surface area (Å²) in [5.41, 5.74) is 2.13. The van der Waals surface area contributed by atoms with Gasteiger partial charge in [-0.3, -0.25) is 0 Å². The Morgan fingerprint density at radius 2 is 1.78 bits per heavy atom. The zero-order valence-electron chi connectivity index (χ0n) is 14.9. The second-order valence-corrected chi connectivity index (χ2v) is 6.02. The van der Waals surface area contributed by atoms with Crippen molar-refractivity contribution in [2.75, 3.05) is 6.79 Å². The van der Waals surface area contributed by atoms with Crippen molar-refractivity contribution in [2.24, 2.45) is 0 Å². The number of hydrogen-bond acceptors (Lipinski definition) is 7. The third-order valence-corrected chi connectivity index (χ3v) is 4.21. The van der Waals surface area contributed by atoms with E-state index >= 15 is 0 Å². The zero-order chi connectivity index (χ0) is 18.8. The number of ether oxygens (including phenoxy) is 4. The highest BCUT2D eigenvalue weighted by atomic mass is 16.7. The van der Waals surface area contributed by atoms with E-state index in [0.29, 0.717) is 35.2 Å². The van der Waals surface area contributed by atoms with E-state index in [-0.39, 0.29) is 6.79 Å². The Bertz CT molecular complexity index is 957. The molecule has 4 rings (SSSR count). The molecule has 2 heterocycles. The van der Waals surface area contributed by atoms with Gasteiger partial charge in [0.2, 0.25) is 6.79 Å². The fourth-order valence-electron chi connectivity index (χ4n) is 2.66. The van der Waals surface area contributed by atoms with E-state index in [9.17, 15) is 4.79 Å². The van der Waals surface area contributed by atoms with Gasteiger partial charge in [0.15, 0.2) is 11.5 Å². The highest BCUT2D eigenvalue weighted by Crippen LogP contribution is 2.35. The lowest BCUT2D eigenvalue weighted by Crippen LogP contribution is -2.08. The van der Waals surface area contributed by atoms with Gasteiger partial charge in [0.05, 0.1) is 16.8 Å². The summed E-state index contributed by atoms with van der Waals surface area (Å²) in [5.74, 6) is 2.48. The number of benzene rings is 2. The molecular formula is C20H17NO6. The van der Waals surface area contributed by atoms with Gasteiger partial charge in [-0.1, -0.05) is 5.16 Å². The molecule has 138 valence electrons. The molecule has 2 aromatic carbocycles. The highest BCUT2D eigenvalue weighted by molar-refractivity contribution is 5.91. The van der Waals surface area contributed by atoms with Crippen LogP contribution in [0.2, 0.25) is 0 Å². The molecule has 0 bridgehead atoms.